The average Bonchev–Trinajstić information content (AvgIpc) is 2.96. The zero-order chi connectivity index (χ0) is 30.5. The quantitative estimate of drug-likeness (QED) is 0.120. The number of guanidine groups is 4. The van der Waals surface area contributed by atoms with Crippen molar-refractivity contribution in [3.63, 3.8) is 0 Å². The van der Waals surface area contributed by atoms with Crippen molar-refractivity contribution in [1.29, 1.82) is 0 Å². The van der Waals surface area contributed by atoms with Gasteiger partial charge in [0.25, 0.3) is 0 Å². The number of rotatable bonds is 10. The van der Waals surface area contributed by atoms with Gasteiger partial charge in [0, 0.05) is 24.6 Å². The highest BCUT2D eigenvalue weighted by atomic mass is 16.3. The second-order valence-electron chi connectivity index (χ2n) is 9.07. The van der Waals surface area contributed by atoms with Gasteiger partial charge in [-0.25, -0.2) is 9.98 Å². The second-order valence-corrected chi connectivity index (χ2v) is 9.07. The number of benzene rings is 3. The molecule has 3 rings (SSSR count). The van der Waals surface area contributed by atoms with Gasteiger partial charge in [-0.3, -0.25) is 0 Å². The van der Waals surface area contributed by atoms with Crippen LogP contribution in [0.1, 0.15) is 11.1 Å². The number of nitrogens with one attached hydrogen (secondary N) is 2. The summed E-state index contributed by atoms with van der Waals surface area (Å²) >= 11 is 0. The van der Waals surface area contributed by atoms with Gasteiger partial charge in [-0.2, -0.15) is 9.98 Å². The number of phenolic OH excluding ortho intramolecular Hbond substituents is 2. The molecule has 0 unspecified atom stereocenters. The Bertz CT molecular complexity index is 1290. The summed E-state index contributed by atoms with van der Waals surface area (Å²) in [6.45, 7) is 1.66. The van der Waals surface area contributed by atoms with Crippen molar-refractivity contribution >= 4 is 35.2 Å². The third-order valence-corrected chi connectivity index (χ3v) is 5.83. The van der Waals surface area contributed by atoms with Gasteiger partial charge in [0.1, 0.15) is 11.5 Å². The molecule has 0 saturated heterocycles. The molecule has 0 heterocycles. The van der Waals surface area contributed by atoms with E-state index in [2.05, 4.69) is 20.0 Å². The normalized spacial score (nSPS) is 12.8. The number of aromatic hydroxyl groups is 2. The lowest BCUT2D eigenvalue weighted by molar-refractivity contribution is -0.368. The van der Waals surface area contributed by atoms with E-state index in [1.165, 1.54) is 24.3 Å². The van der Waals surface area contributed by atoms with Crippen molar-refractivity contribution in [2.45, 2.75) is 13.1 Å². The predicted octanol–water partition coefficient (Wildman–Crippen LogP) is -1.75. The molecule has 0 atom stereocenters. The monoisotopic (exact) mass is 572 g/mol. The molecular formula is C28H36N12O2+2. The summed E-state index contributed by atoms with van der Waals surface area (Å²) in [5, 5.41) is 18.8. The molecule has 14 heteroatoms. The van der Waals surface area contributed by atoms with E-state index in [4.69, 9.17) is 34.4 Å². The van der Waals surface area contributed by atoms with Gasteiger partial charge in [-0.05, 0) is 59.7 Å². The Labute approximate surface area is 244 Å². The van der Waals surface area contributed by atoms with Crippen molar-refractivity contribution < 1.29 is 21.7 Å². The molecule has 218 valence electrons. The second kappa shape index (κ2) is 15.4. The molecule has 0 aliphatic carbocycles. The highest BCUT2D eigenvalue weighted by molar-refractivity contribution is 5.95. The number of aliphatic imine (C=N–C) groups is 4. The SMILES string of the molecule is [NH+]CCN(Cc1ccc(CN(CC[NH+])/C(N)=N/C(N)=Nc2ccc(O)cc2)cc1)/C(N)=N/C(N)=Nc1ccc(O)cc1. The molecular weight excluding hydrogens is 536 g/mol. The van der Waals surface area contributed by atoms with Gasteiger partial charge in [-0.1, -0.05) is 24.3 Å². The van der Waals surface area contributed by atoms with Crippen LogP contribution in [0, 0.1) is 0 Å². The van der Waals surface area contributed by atoms with Crippen LogP contribution in [0.3, 0.4) is 0 Å². The minimum absolute atomic E-state index is 0.0500. The fourth-order valence-electron chi connectivity index (χ4n) is 3.76. The lowest BCUT2D eigenvalue weighted by Gasteiger charge is -2.23. The van der Waals surface area contributed by atoms with Crippen LogP contribution in [0.25, 0.3) is 0 Å². The van der Waals surface area contributed by atoms with Crippen LogP contribution in [0.5, 0.6) is 11.5 Å². The van der Waals surface area contributed by atoms with E-state index in [1.807, 2.05) is 24.3 Å². The molecule has 14 nitrogen and oxygen atoms in total. The Morgan fingerprint density at radius 2 is 0.905 bits per heavy atom. The molecule has 0 spiro atoms. The molecule has 3 aromatic carbocycles. The summed E-state index contributed by atoms with van der Waals surface area (Å²) in [5.41, 5.74) is 42.5. The Hall–Kier alpha value is -5.34. The van der Waals surface area contributed by atoms with Gasteiger partial charge < -0.3 is 42.9 Å². The fraction of sp³-hybridized carbons (Fsp3) is 0.214. The van der Waals surface area contributed by atoms with Crippen LogP contribution in [-0.2, 0) is 13.1 Å². The van der Waals surface area contributed by atoms with Crippen LogP contribution < -0.4 is 34.4 Å². The Balaban J connectivity index is 1.68. The van der Waals surface area contributed by atoms with E-state index < -0.39 is 0 Å². The van der Waals surface area contributed by atoms with Crippen LogP contribution in [-0.4, -0.2) is 70.0 Å². The largest absolute Gasteiger partial charge is 0.508 e. The van der Waals surface area contributed by atoms with Gasteiger partial charge in [0.15, 0.2) is 25.0 Å². The Kier molecular flexibility index (Phi) is 11.5. The van der Waals surface area contributed by atoms with Gasteiger partial charge in [-0.15, -0.1) is 0 Å². The minimum Gasteiger partial charge on any atom is -0.508 e. The third-order valence-electron chi connectivity index (χ3n) is 5.83. The van der Waals surface area contributed by atoms with Crippen molar-refractivity contribution in [2.24, 2.45) is 42.9 Å². The van der Waals surface area contributed by atoms with E-state index in [1.54, 1.807) is 34.1 Å². The third kappa shape index (κ3) is 10.0. The molecule has 42 heavy (non-hydrogen) atoms. The van der Waals surface area contributed by atoms with Crippen molar-refractivity contribution in [3.8, 4) is 11.5 Å². The van der Waals surface area contributed by atoms with Crippen LogP contribution >= 0.6 is 0 Å². The molecule has 12 N–H and O–H groups in total. The van der Waals surface area contributed by atoms with Crippen molar-refractivity contribution in [3.05, 3.63) is 83.9 Å². The molecule has 0 aliphatic heterocycles. The smallest absolute Gasteiger partial charge is 0.223 e. The lowest BCUT2D eigenvalue weighted by atomic mass is 10.1. The van der Waals surface area contributed by atoms with E-state index in [0.29, 0.717) is 37.6 Å². The Morgan fingerprint density at radius 3 is 1.21 bits per heavy atom. The summed E-state index contributed by atoms with van der Waals surface area (Å²) in [6.07, 6.45) is 0. The molecule has 0 aliphatic rings. The maximum atomic E-state index is 9.41. The molecule has 0 fully saturated rings. The summed E-state index contributed by atoms with van der Waals surface area (Å²) in [6, 6.07) is 20.1. The van der Waals surface area contributed by atoms with Gasteiger partial charge in [0.05, 0.1) is 24.5 Å². The number of nitrogens with two attached hydrogens (primary N) is 4. The maximum Gasteiger partial charge on any atom is 0.223 e. The first-order valence-corrected chi connectivity index (χ1v) is 13.0. The highest BCUT2D eigenvalue weighted by Crippen LogP contribution is 2.18. The van der Waals surface area contributed by atoms with E-state index in [0.717, 1.165) is 11.1 Å². The number of phenols is 2. The molecule has 4 radical (unpaired) electrons. The molecule has 0 amide bonds. The Morgan fingerprint density at radius 1 is 0.571 bits per heavy atom. The number of hydrogen-bond donors (Lipinski definition) is 6. The van der Waals surface area contributed by atoms with Crippen molar-refractivity contribution in [1.82, 2.24) is 9.80 Å². The lowest BCUT2D eigenvalue weighted by Crippen LogP contribution is -2.56. The summed E-state index contributed by atoms with van der Waals surface area (Å²) < 4.78 is 0. The first-order valence-electron chi connectivity index (χ1n) is 13.0. The summed E-state index contributed by atoms with van der Waals surface area (Å²) in [5.74, 6) is 0.388. The summed E-state index contributed by atoms with van der Waals surface area (Å²) in [7, 11) is 0. The van der Waals surface area contributed by atoms with E-state index in [-0.39, 0.29) is 48.4 Å². The fourth-order valence-corrected chi connectivity index (χ4v) is 3.76. The summed E-state index contributed by atoms with van der Waals surface area (Å²) in [4.78, 5) is 20.2. The maximum absolute atomic E-state index is 9.41. The first-order chi connectivity index (χ1) is 20.2. The number of hydrogen-bond acceptors (Lipinski definition) is 4. The standard InChI is InChI=1S/C28H36N12O2/c29-13-15-39(27(33)37-25(31)35-21-5-9-23(41)10-6-21)17-19-1-2-20(4-3-19)18-40(16-14-30)28(34)38-26(32)36-22-7-11-24(42)12-8-22/h1-12,29-30,41-42H,13-18H2,(H4,31,33,35,37)(H4,32,34,36,38)/q+2. The zero-order valence-electron chi connectivity index (χ0n) is 23.1. The zero-order valence-corrected chi connectivity index (χ0v) is 23.1. The minimum atomic E-state index is -0.0500. The molecule has 3 aromatic rings. The average molecular weight is 573 g/mol. The topological polar surface area (TPSA) is 248 Å². The van der Waals surface area contributed by atoms with E-state index >= 15 is 0 Å². The molecule has 0 bridgehead atoms. The predicted molar refractivity (Wildman–Crippen MR) is 161 cm³/mol. The highest BCUT2D eigenvalue weighted by Gasteiger charge is 2.14. The van der Waals surface area contributed by atoms with E-state index in [9.17, 15) is 10.2 Å². The molecule has 0 aromatic heterocycles. The van der Waals surface area contributed by atoms with Crippen molar-refractivity contribution in [2.75, 3.05) is 26.2 Å². The van der Waals surface area contributed by atoms with Crippen LogP contribution in [0.15, 0.2) is 92.8 Å². The number of nitrogens with zero attached hydrogens (tertiary/aromatic N) is 6. The van der Waals surface area contributed by atoms with Crippen LogP contribution in [0.4, 0.5) is 11.4 Å². The van der Waals surface area contributed by atoms with Crippen LogP contribution in [0.2, 0.25) is 0 Å². The van der Waals surface area contributed by atoms with Gasteiger partial charge in [0.2, 0.25) is 11.9 Å². The van der Waals surface area contributed by atoms with Gasteiger partial charge >= 0.3 is 0 Å². The molecule has 0 saturated carbocycles. The first kappa shape index (κ1) is 31.2.